The molecule has 0 aliphatic carbocycles. The van der Waals surface area contributed by atoms with Crippen LogP contribution in [-0.2, 0) is 28.8 Å². The molecule has 36 heavy (non-hydrogen) atoms. The van der Waals surface area contributed by atoms with Gasteiger partial charge in [0.15, 0.2) is 5.96 Å². The zero-order valence-electron chi connectivity index (χ0n) is 20.4. The van der Waals surface area contributed by atoms with E-state index in [1.165, 1.54) is 0 Å². The maximum absolute atomic E-state index is 13.0. The van der Waals surface area contributed by atoms with Gasteiger partial charge in [-0.05, 0) is 18.8 Å². The zero-order chi connectivity index (χ0) is 28.0. The average molecular weight is 516 g/mol. The lowest BCUT2D eigenvalue weighted by molar-refractivity contribution is -0.144. The number of guanidine groups is 1. The summed E-state index contributed by atoms with van der Waals surface area (Å²) in [6.07, 6.45) is -0.497. The molecule has 0 saturated heterocycles. The van der Waals surface area contributed by atoms with Crippen LogP contribution in [0.25, 0.3) is 0 Å². The second-order valence-electron chi connectivity index (χ2n) is 8.23. The van der Waals surface area contributed by atoms with E-state index in [-0.39, 0.29) is 25.3 Å². The number of hydrogen-bond donors (Lipinski definition) is 9. The topological polar surface area (TPSA) is 301 Å². The van der Waals surface area contributed by atoms with Gasteiger partial charge >= 0.3 is 5.97 Å². The normalized spacial score (nSPS) is 14.8. The summed E-state index contributed by atoms with van der Waals surface area (Å²) < 4.78 is 0. The van der Waals surface area contributed by atoms with Crippen molar-refractivity contribution in [2.24, 2.45) is 39.6 Å². The highest BCUT2D eigenvalue weighted by Gasteiger charge is 2.32. The number of primary amides is 2. The summed E-state index contributed by atoms with van der Waals surface area (Å²) in [5.41, 5.74) is 26.4. The summed E-state index contributed by atoms with van der Waals surface area (Å²) in [7, 11) is 0. The quantitative estimate of drug-likeness (QED) is 0.0509. The Morgan fingerprint density at radius 2 is 1.36 bits per heavy atom. The van der Waals surface area contributed by atoms with Crippen LogP contribution in [0.5, 0.6) is 0 Å². The van der Waals surface area contributed by atoms with E-state index < -0.39 is 78.4 Å². The third-order valence-electron chi connectivity index (χ3n) is 5.15. The lowest BCUT2D eigenvalue weighted by Crippen LogP contribution is -2.58. The van der Waals surface area contributed by atoms with Gasteiger partial charge in [-0.25, -0.2) is 4.79 Å². The van der Waals surface area contributed by atoms with E-state index in [0.717, 1.165) is 0 Å². The molecule has 0 heterocycles. The third kappa shape index (κ3) is 12.5. The minimum atomic E-state index is -1.53. The summed E-state index contributed by atoms with van der Waals surface area (Å²) in [5, 5.41) is 16.4. The van der Waals surface area contributed by atoms with Gasteiger partial charge in [0.05, 0.1) is 18.9 Å². The minimum absolute atomic E-state index is 0.0207. The van der Waals surface area contributed by atoms with Gasteiger partial charge in [0.25, 0.3) is 0 Å². The summed E-state index contributed by atoms with van der Waals surface area (Å²) in [5.74, 6) is -6.42. The van der Waals surface area contributed by atoms with E-state index >= 15 is 0 Å². The molecular formula is C20H37N9O7. The Morgan fingerprint density at radius 3 is 1.83 bits per heavy atom. The van der Waals surface area contributed by atoms with Crippen molar-refractivity contribution in [3.63, 3.8) is 0 Å². The van der Waals surface area contributed by atoms with E-state index in [9.17, 15) is 33.9 Å². The van der Waals surface area contributed by atoms with Crippen molar-refractivity contribution in [2.75, 3.05) is 6.54 Å². The number of nitrogens with one attached hydrogen (secondary N) is 3. The average Bonchev–Trinajstić information content (AvgIpc) is 2.76. The zero-order valence-corrected chi connectivity index (χ0v) is 20.4. The Kier molecular flexibility index (Phi) is 14.1. The van der Waals surface area contributed by atoms with E-state index in [2.05, 4.69) is 20.9 Å². The second-order valence-corrected chi connectivity index (χ2v) is 8.23. The maximum Gasteiger partial charge on any atom is 0.326 e. The van der Waals surface area contributed by atoms with Gasteiger partial charge in [0.1, 0.15) is 18.1 Å². The first kappa shape index (κ1) is 32.0. The van der Waals surface area contributed by atoms with Crippen LogP contribution >= 0.6 is 0 Å². The molecule has 0 rings (SSSR count). The molecule has 0 spiro atoms. The van der Waals surface area contributed by atoms with Crippen LogP contribution in [0.4, 0.5) is 0 Å². The minimum Gasteiger partial charge on any atom is -0.480 e. The third-order valence-corrected chi connectivity index (χ3v) is 5.15. The van der Waals surface area contributed by atoms with Crippen LogP contribution < -0.4 is 44.6 Å². The molecule has 0 aromatic heterocycles. The first-order chi connectivity index (χ1) is 16.7. The molecule has 14 N–H and O–H groups in total. The number of aliphatic carboxylic acids is 1. The fourth-order valence-corrected chi connectivity index (χ4v) is 2.98. The molecule has 0 fully saturated rings. The van der Waals surface area contributed by atoms with Crippen LogP contribution in [0.1, 0.15) is 46.0 Å². The van der Waals surface area contributed by atoms with Crippen LogP contribution in [0, 0.1) is 5.92 Å². The molecule has 0 bridgehead atoms. The lowest BCUT2D eigenvalue weighted by atomic mass is 9.98. The van der Waals surface area contributed by atoms with Gasteiger partial charge < -0.3 is 49.7 Å². The summed E-state index contributed by atoms with van der Waals surface area (Å²) in [6, 6.07) is -5.43. The Labute approximate surface area is 208 Å². The van der Waals surface area contributed by atoms with Gasteiger partial charge in [-0.3, -0.25) is 29.0 Å². The van der Waals surface area contributed by atoms with Crippen molar-refractivity contribution in [3.05, 3.63) is 0 Å². The summed E-state index contributed by atoms with van der Waals surface area (Å²) >= 11 is 0. The number of aliphatic imine (C=N–C) groups is 1. The van der Waals surface area contributed by atoms with Crippen LogP contribution in [-0.4, -0.2) is 77.3 Å². The highest BCUT2D eigenvalue weighted by atomic mass is 16.4. The second kappa shape index (κ2) is 15.9. The van der Waals surface area contributed by atoms with Crippen LogP contribution in [0.2, 0.25) is 0 Å². The number of rotatable bonds is 17. The van der Waals surface area contributed by atoms with E-state index in [4.69, 9.17) is 28.7 Å². The Bertz CT molecular complexity index is 845. The molecule has 5 amide bonds. The molecule has 0 aromatic rings. The molecule has 0 radical (unpaired) electrons. The fraction of sp³-hybridized carbons (Fsp3) is 0.650. The Morgan fingerprint density at radius 1 is 0.833 bits per heavy atom. The van der Waals surface area contributed by atoms with Crippen molar-refractivity contribution >= 4 is 41.5 Å². The molecular weight excluding hydrogens is 478 g/mol. The number of carbonyl (C=O) groups is 6. The van der Waals surface area contributed by atoms with Gasteiger partial charge in [-0.1, -0.05) is 20.3 Å². The van der Waals surface area contributed by atoms with Gasteiger partial charge in [0.2, 0.25) is 29.5 Å². The van der Waals surface area contributed by atoms with Gasteiger partial charge in [-0.15, -0.1) is 0 Å². The predicted octanol–water partition coefficient (Wildman–Crippen LogP) is -4.30. The molecule has 0 aliphatic rings. The fourth-order valence-electron chi connectivity index (χ4n) is 2.98. The number of nitrogens with two attached hydrogens (primary N) is 5. The first-order valence-electron chi connectivity index (χ1n) is 11.2. The van der Waals surface area contributed by atoms with Crippen molar-refractivity contribution in [2.45, 2.75) is 70.1 Å². The van der Waals surface area contributed by atoms with Crippen LogP contribution in [0.15, 0.2) is 4.99 Å². The standard InChI is InChI=1S/C20H37N9O7/c1-3-9(2)15(19(35)36)29-18(34)12(8-14(23)31)28-17(33)11(5-4-6-26-20(24)25)27-16(32)10(21)7-13(22)30/h9-12,15H,3-8,21H2,1-2H3,(H2,22,30)(H2,23,31)(H,27,32)(H,28,33)(H,29,34)(H,35,36)(H4,24,25,26). The highest BCUT2D eigenvalue weighted by molar-refractivity contribution is 5.96. The van der Waals surface area contributed by atoms with Crippen molar-refractivity contribution in [1.29, 1.82) is 0 Å². The Balaban J connectivity index is 5.69. The smallest absolute Gasteiger partial charge is 0.326 e. The maximum atomic E-state index is 13.0. The number of hydrogen-bond acceptors (Lipinski definition) is 8. The van der Waals surface area contributed by atoms with Crippen molar-refractivity contribution < 1.29 is 33.9 Å². The number of carbonyl (C=O) groups excluding carboxylic acids is 5. The summed E-state index contributed by atoms with van der Waals surface area (Å²) in [6.45, 7) is 3.45. The van der Waals surface area contributed by atoms with Gasteiger partial charge in [-0.2, -0.15) is 0 Å². The largest absolute Gasteiger partial charge is 0.480 e. The van der Waals surface area contributed by atoms with Gasteiger partial charge in [0, 0.05) is 6.54 Å². The van der Waals surface area contributed by atoms with E-state index in [1.807, 2.05) is 0 Å². The molecule has 0 aromatic carbocycles. The predicted molar refractivity (Wildman–Crippen MR) is 128 cm³/mol. The van der Waals surface area contributed by atoms with Crippen LogP contribution in [0.3, 0.4) is 0 Å². The molecule has 0 saturated carbocycles. The lowest BCUT2D eigenvalue weighted by Gasteiger charge is -2.26. The molecule has 16 heteroatoms. The number of amides is 5. The molecule has 204 valence electrons. The molecule has 16 nitrogen and oxygen atoms in total. The highest BCUT2D eigenvalue weighted by Crippen LogP contribution is 2.09. The number of carboxylic acids is 1. The van der Waals surface area contributed by atoms with Crippen molar-refractivity contribution in [1.82, 2.24) is 16.0 Å². The van der Waals surface area contributed by atoms with Crippen molar-refractivity contribution in [3.8, 4) is 0 Å². The molecule has 0 aliphatic heterocycles. The monoisotopic (exact) mass is 515 g/mol. The number of nitrogens with zero attached hydrogens (tertiary/aromatic N) is 1. The molecule has 5 unspecified atom stereocenters. The van der Waals surface area contributed by atoms with E-state index in [1.54, 1.807) is 13.8 Å². The Hall–Kier alpha value is -3.95. The SMILES string of the molecule is CCC(C)C(NC(=O)C(CC(N)=O)NC(=O)C(CCCN=C(N)N)NC(=O)C(N)CC(N)=O)C(=O)O. The first-order valence-corrected chi connectivity index (χ1v) is 11.2. The molecule has 5 atom stereocenters. The summed E-state index contributed by atoms with van der Waals surface area (Å²) in [4.78, 5) is 76.0. The number of carboxylic acid groups (broad SMARTS) is 1. The van der Waals surface area contributed by atoms with E-state index in [0.29, 0.717) is 6.42 Å².